The van der Waals surface area contributed by atoms with E-state index in [1.165, 1.54) is 0 Å². The summed E-state index contributed by atoms with van der Waals surface area (Å²) in [5.41, 5.74) is 0.441. The molecule has 1 atom stereocenters. The van der Waals surface area contributed by atoms with Crippen LogP contribution in [0.3, 0.4) is 0 Å². The maximum atomic E-state index is 12.5. The number of carbonyl (C=O) groups is 1. The normalized spacial score (nSPS) is 16.6. The number of aromatic nitrogens is 3. The maximum Gasteiger partial charge on any atom is 0.258 e. The molecule has 2 N–H and O–H groups in total. The summed E-state index contributed by atoms with van der Waals surface area (Å²) in [6.45, 7) is 3.50. The first-order valence-electron chi connectivity index (χ1n) is 9.62. The number of ether oxygens (including phenoxy) is 1. The van der Waals surface area contributed by atoms with Crippen LogP contribution in [0.25, 0.3) is 10.9 Å². The minimum Gasteiger partial charge on any atom is -0.377 e. The van der Waals surface area contributed by atoms with E-state index in [0.717, 1.165) is 19.4 Å². The smallest absolute Gasteiger partial charge is 0.258 e. The molecule has 4 rings (SSSR count). The third-order valence-electron chi connectivity index (χ3n) is 4.78. The predicted molar refractivity (Wildman–Crippen MR) is 106 cm³/mol. The Bertz CT molecular complexity index is 1050. The lowest BCUT2D eigenvalue weighted by Gasteiger charge is -2.24. The van der Waals surface area contributed by atoms with Gasteiger partial charge in [0.1, 0.15) is 11.6 Å². The number of nitrogens with zero attached hydrogens (tertiary/aromatic N) is 3. The molecule has 1 amide bonds. The van der Waals surface area contributed by atoms with E-state index in [1.807, 2.05) is 11.0 Å². The van der Waals surface area contributed by atoms with Crippen molar-refractivity contribution in [3.05, 3.63) is 52.3 Å². The molecule has 1 aromatic carbocycles. The summed E-state index contributed by atoms with van der Waals surface area (Å²) in [5.74, 6) is 1.28. The number of aromatic amines is 1. The highest BCUT2D eigenvalue weighted by atomic mass is 16.5. The van der Waals surface area contributed by atoms with Crippen LogP contribution in [0.4, 0.5) is 5.82 Å². The minimum absolute atomic E-state index is 0.0595. The summed E-state index contributed by atoms with van der Waals surface area (Å²) in [4.78, 5) is 34.2. The number of anilines is 1. The zero-order valence-electron chi connectivity index (χ0n) is 16.2. The molecule has 1 aliphatic rings. The Morgan fingerprint density at radius 1 is 1.38 bits per heavy atom. The number of rotatable bonds is 7. The quantitative estimate of drug-likeness (QED) is 0.625. The SMILES string of the molecule is Cc1cc(NC(=O)CN(Cc2nc3ccccc3c(=O)[nH]2)C[C@H]2CCCO2)no1. The average molecular weight is 397 g/mol. The van der Waals surface area contributed by atoms with E-state index in [9.17, 15) is 9.59 Å². The van der Waals surface area contributed by atoms with Gasteiger partial charge in [0.25, 0.3) is 5.56 Å². The lowest BCUT2D eigenvalue weighted by atomic mass is 10.2. The number of carbonyl (C=O) groups excluding carboxylic acids is 1. The van der Waals surface area contributed by atoms with Gasteiger partial charge in [-0.25, -0.2) is 4.98 Å². The summed E-state index contributed by atoms with van der Waals surface area (Å²) in [5, 5.41) is 7.06. The Hall–Kier alpha value is -3.04. The molecule has 1 fully saturated rings. The van der Waals surface area contributed by atoms with Crippen molar-refractivity contribution in [3.63, 3.8) is 0 Å². The summed E-state index contributed by atoms with van der Waals surface area (Å²) in [7, 11) is 0. The molecule has 1 aliphatic heterocycles. The van der Waals surface area contributed by atoms with Gasteiger partial charge in [-0.3, -0.25) is 14.5 Å². The van der Waals surface area contributed by atoms with Crippen LogP contribution in [-0.2, 0) is 16.1 Å². The number of hydrogen-bond acceptors (Lipinski definition) is 7. The molecule has 0 saturated carbocycles. The number of para-hydroxylation sites is 1. The number of H-pyrrole nitrogens is 1. The van der Waals surface area contributed by atoms with Gasteiger partial charge in [0.2, 0.25) is 5.91 Å². The van der Waals surface area contributed by atoms with Gasteiger partial charge in [-0.15, -0.1) is 0 Å². The van der Waals surface area contributed by atoms with Crippen LogP contribution in [0.1, 0.15) is 24.4 Å². The molecule has 0 spiro atoms. The summed E-state index contributed by atoms with van der Waals surface area (Å²) < 4.78 is 10.7. The van der Waals surface area contributed by atoms with Crippen LogP contribution >= 0.6 is 0 Å². The van der Waals surface area contributed by atoms with Crippen molar-refractivity contribution < 1.29 is 14.1 Å². The molecule has 9 nitrogen and oxygen atoms in total. The summed E-state index contributed by atoms with van der Waals surface area (Å²) >= 11 is 0. The van der Waals surface area contributed by atoms with Crippen molar-refractivity contribution in [3.8, 4) is 0 Å². The molecule has 0 bridgehead atoms. The second kappa shape index (κ2) is 8.54. The fraction of sp³-hybridized carbons (Fsp3) is 0.400. The van der Waals surface area contributed by atoms with Gasteiger partial charge in [0, 0.05) is 19.2 Å². The lowest BCUT2D eigenvalue weighted by Crippen LogP contribution is -2.38. The van der Waals surface area contributed by atoms with Crippen LogP contribution in [0.2, 0.25) is 0 Å². The molecule has 9 heteroatoms. The molecule has 3 aromatic rings. The van der Waals surface area contributed by atoms with Gasteiger partial charge in [-0.2, -0.15) is 0 Å². The van der Waals surface area contributed by atoms with Crippen LogP contribution < -0.4 is 10.9 Å². The van der Waals surface area contributed by atoms with E-state index in [1.54, 1.807) is 31.2 Å². The number of nitrogens with one attached hydrogen (secondary N) is 2. The molecule has 29 heavy (non-hydrogen) atoms. The van der Waals surface area contributed by atoms with Gasteiger partial charge in [0.05, 0.1) is 30.1 Å². The Morgan fingerprint density at radius 2 is 2.24 bits per heavy atom. The van der Waals surface area contributed by atoms with Crippen LogP contribution in [0, 0.1) is 6.92 Å². The molecular weight excluding hydrogens is 374 g/mol. The van der Waals surface area contributed by atoms with Gasteiger partial charge < -0.3 is 19.6 Å². The van der Waals surface area contributed by atoms with E-state index < -0.39 is 0 Å². The first kappa shape index (κ1) is 19.3. The summed E-state index contributed by atoms with van der Waals surface area (Å²) in [6.07, 6.45) is 2.01. The van der Waals surface area contributed by atoms with Crippen molar-refractivity contribution >= 4 is 22.6 Å². The van der Waals surface area contributed by atoms with Crippen molar-refractivity contribution in [2.45, 2.75) is 32.4 Å². The number of amides is 1. The van der Waals surface area contributed by atoms with Gasteiger partial charge in [-0.05, 0) is 31.9 Å². The van der Waals surface area contributed by atoms with Crippen molar-refractivity contribution in [2.24, 2.45) is 0 Å². The first-order valence-corrected chi connectivity index (χ1v) is 9.62. The third kappa shape index (κ3) is 4.87. The van der Waals surface area contributed by atoms with E-state index in [2.05, 4.69) is 20.4 Å². The molecule has 3 heterocycles. The number of hydrogen-bond donors (Lipinski definition) is 2. The van der Waals surface area contributed by atoms with E-state index in [0.29, 0.717) is 41.4 Å². The second-order valence-corrected chi connectivity index (χ2v) is 7.21. The number of benzene rings is 1. The van der Waals surface area contributed by atoms with Crippen molar-refractivity contribution in [2.75, 3.05) is 25.0 Å². The van der Waals surface area contributed by atoms with Gasteiger partial charge in [0.15, 0.2) is 5.82 Å². The van der Waals surface area contributed by atoms with Crippen LogP contribution in [-0.4, -0.2) is 51.7 Å². The maximum absolute atomic E-state index is 12.5. The summed E-state index contributed by atoms with van der Waals surface area (Å²) in [6, 6.07) is 8.85. The molecule has 152 valence electrons. The van der Waals surface area contributed by atoms with Crippen molar-refractivity contribution in [1.82, 2.24) is 20.0 Å². The fourth-order valence-electron chi connectivity index (χ4n) is 3.49. The highest BCUT2D eigenvalue weighted by Gasteiger charge is 2.22. The minimum atomic E-state index is -0.223. The molecular formula is C20H23N5O4. The predicted octanol–water partition coefficient (Wildman–Crippen LogP) is 1.84. The Balaban J connectivity index is 1.50. The lowest BCUT2D eigenvalue weighted by molar-refractivity contribution is -0.117. The van der Waals surface area contributed by atoms with Gasteiger partial charge in [-0.1, -0.05) is 17.3 Å². The standard InChI is InChI=1S/C20H23N5O4/c1-13-9-17(24-29-13)22-19(26)12-25(10-14-5-4-8-28-14)11-18-21-16-7-3-2-6-15(16)20(27)23-18/h2-3,6-7,9,14H,4-5,8,10-12H2,1H3,(H,21,23,27)(H,22,24,26)/t14-/m1/s1. The molecule has 2 aromatic heterocycles. The zero-order valence-corrected chi connectivity index (χ0v) is 16.2. The highest BCUT2D eigenvalue weighted by molar-refractivity contribution is 5.91. The van der Waals surface area contributed by atoms with Gasteiger partial charge >= 0.3 is 0 Å². The third-order valence-corrected chi connectivity index (χ3v) is 4.78. The Morgan fingerprint density at radius 3 is 3.00 bits per heavy atom. The Kier molecular flexibility index (Phi) is 5.68. The van der Waals surface area contributed by atoms with Crippen LogP contribution in [0.15, 0.2) is 39.6 Å². The Labute approximate surface area is 167 Å². The van der Waals surface area contributed by atoms with E-state index in [-0.39, 0.29) is 24.1 Å². The van der Waals surface area contributed by atoms with Crippen LogP contribution in [0.5, 0.6) is 0 Å². The zero-order chi connectivity index (χ0) is 20.2. The van der Waals surface area contributed by atoms with E-state index >= 15 is 0 Å². The first-order chi connectivity index (χ1) is 14.1. The molecule has 0 radical (unpaired) electrons. The second-order valence-electron chi connectivity index (χ2n) is 7.21. The van der Waals surface area contributed by atoms with E-state index in [4.69, 9.17) is 9.26 Å². The monoisotopic (exact) mass is 397 g/mol. The highest BCUT2D eigenvalue weighted by Crippen LogP contribution is 2.15. The number of aryl methyl sites for hydroxylation is 1. The average Bonchev–Trinajstić information content (AvgIpc) is 3.33. The van der Waals surface area contributed by atoms with Crippen molar-refractivity contribution in [1.29, 1.82) is 0 Å². The molecule has 1 saturated heterocycles. The fourth-order valence-corrected chi connectivity index (χ4v) is 3.49. The topological polar surface area (TPSA) is 113 Å². The largest absolute Gasteiger partial charge is 0.377 e. The molecule has 0 aliphatic carbocycles. The molecule has 0 unspecified atom stereocenters. The number of fused-ring (bicyclic) bond motifs is 1.